The number of nitrogens with zero attached hydrogens (tertiary/aromatic N) is 3. The average Bonchev–Trinajstić information content (AvgIpc) is 3.30. The second kappa shape index (κ2) is 7.75. The molecule has 1 aliphatic heterocycles. The molecule has 6 heteroatoms. The van der Waals surface area contributed by atoms with E-state index in [0.717, 1.165) is 48.4 Å². The first-order chi connectivity index (χ1) is 13.9. The minimum absolute atomic E-state index is 0.0312. The number of hydrogen-bond acceptors (Lipinski definition) is 3. The summed E-state index contributed by atoms with van der Waals surface area (Å²) in [6.07, 6.45) is 5.17. The van der Waals surface area contributed by atoms with E-state index in [1.807, 2.05) is 35.0 Å². The van der Waals surface area contributed by atoms with Crippen molar-refractivity contribution in [3.8, 4) is 5.69 Å². The molecule has 4 rings (SSSR count). The normalized spacial score (nSPS) is 20.4. The number of para-hydroxylation sites is 1. The summed E-state index contributed by atoms with van der Waals surface area (Å²) in [5.41, 5.74) is 3.66. The molecule has 29 heavy (non-hydrogen) atoms. The average molecular weight is 409 g/mol. The molecule has 1 aromatic carbocycles. The SMILES string of the molecule is C=CCNC(=S)N1CCC[C@H]1c1nn(-c2ccccc2)c2c1C(=O)CC(C)(C)C2. The van der Waals surface area contributed by atoms with Crippen LogP contribution in [0.1, 0.15) is 60.9 Å². The Balaban J connectivity index is 1.80. The molecule has 1 N–H and O–H groups in total. The van der Waals surface area contributed by atoms with Crippen molar-refractivity contribution in [1.82, 2.24) is 20.0 Å². The maximum absolute atomic E-state index is 13.2. The quantitative estimate of drug-likeness (QED) is 0.606. The summed E-state index contributed by atoms with van der Waals surface area (Å²) >= 11 is 5.62. The van der Waals surface area contributed by atoms with Gasteiger partial charge in [-0.15, -0.1) is 6.58 Å². The second-order valence-corrected chi connectivity index (χ2v) is 9.11. The van der Waals surface area contributed by atoms with Gasteiger partial charge in [-0.3, -0.25) is 4.79 Å². The Hall–Kier alpha value is -2.47. The number of benzene rings is 1. The van der Waals surface area contributed by atoms with Gasteiger partial charge in [-0.05, 0) is 49.0 Å². The Morgan fingerprint density at radius 3 is 2.83 bits per heavy atom. The van der Waals surface area contributed by atoms with Gasteiger partial charge in [0, 0.05) is 19.5 Å². The van der Waals surface area contributed by atoms with E-state index in [1.165, 1.54) is 0 Å². The monoisotopic (exact) mass is 408 g/mol. The molecule has 2 heterocycles. The third-order valence-electron chi connectivity index (χ3n) is 5.80. The van der Waals surface area contributed by atoms with E-state index >= 15 is 0 Å². The molecule has 5 nitrogen and oxygen atoms in total. The summed E-state index contributed by atoms with van der Waals surface area (Å²) < 4.78 is 1.99. The molecule has 0 unspecified atom stereocenters. The number of carbonyl (C=O) groups is 1. The molecule has 1 saturated heterocycles. The number of Topliss-reactive ketones (excluding diaryl/α,β-unsaturated/α-hetero) is 1. The van der Waals surface area contributed by atoms with E-state index in [2.05, 4.69) is 30.6 Å². The molecule has 1 fully saturated rings. The molecule has 0 amide bonds. The number of hydrogen-bond donors (Lipinski definition) is 1. The summed E-state index contributed by atoms with van der Waals surface area (Å²) in [7, 11) is 0. The number of thiocarbonyl (C=S) groups is 1. The van der Waals surface area contributed by atoms with Crippen LogP contribution in [0.3, 0.4) is 0 Å². The molecule has 152 valence electrons. The number of nitrogens with one attached hydrogen (secondary N) is 1. The van der Waals surface area contributed by atoms with E-state index in [4.69, 9.17) is 17.3 Å². The third-order valence-corrected chi connectivity index (χ3v) is 6.18. The lowest BCUT2D eigenvalue weighted by atomic mass is 9.75. The van der Waals surface area contributed by atoms with Gasteiger partial charge < -0.3 is 10.2 Å². The van der Waals surface area contributed by atoms with Crippen molar-refractivity contribution in [2.24, 2.45) is 5.41 Å². The fourth-order valence-corrected chi connectivity index (χ4v) is 4.85. The van der Waals surface area contributed by atoms with Crippen molar-refractivity contribution in [3.63, 3.8) is 0 Å². The molecule has 1 aliphatic carbocycles. The Bertz CT molecular complexity index is 947. The van der Waals surface area contributed by atoms with Crippen LogP contribution in [0.15, 0.2) is 43.0 Å². The number of ketones is 1. The maximum Gasteiger partial charge on any atom is 0.169 e. The molecule has 2 aliphatic rings. The number of likely N-dealkylation sites (tertiary alicyclic amines) is 1. The highest BCUT2D eigenvalue weighted by Crippen LogP contribution is 2.41. The first-order valence-corrected chi connectivity index (χ1v) is 10.7. The van der Waals surface area contributed by atoms with Crippen LogP contribution in [0.25, 0.3) is 5.69 Å². The minimum atomic E-state index is -0.0654. The van der Waals surface area contributed by atoms with E-state index < -0.39 is 0 Å². The molecule has 0 bridgehead atoms. The molecule has 0 spiro atoms. The van der Waals surface area contributed by atoms with Crippen LogP contribution in [-0.2, 0) is 6.42 Å². The third kappa shape index (κ3) is 3.73. The first-order valence-electron chi connectivity index (χ1n) is 10.3. The lowest BCUT2D eigenvalue weighted by molar-refractivity contribution is 0.0908. The van der Waals surface area contributed by atoms with Crippen LogP contribution in [0.4, 0.5) is 0 Å². The van der Waals surface area contributed by atoms with Gasteiger partial charge in [-0.25, -0.2) is 4.68 Å². The number of aromatic nitrogens is 2. The summed E-state index contributed by atoms with van der Waals surface area (Å²) in [5.74, 6) is 0.199. The fourth-order valence-electron chi connectivity index (χ4n) is 4.55. The van der Waals surface area contributed by atoms with Gasteiger partial charge in [-0.2, -0.15) is 5.10 Å². The van der Waals surface area contributed by atoms with Crippen molar-refractivity contribution in [1.29, 1.82) is 0 Å². The largest absolute Gasteiger partial charge is 0.359 e. The van der Waals surface area contributed by atoms with Crippen LogP contribution >= 0.6 is 12.2 Å². The van der Waals surface area contributed by atoms with Crippen LogP contribution in [-0.4, -0.2) is 38.7 Å². The summed E-state index contributed by atoms with van der Waals surface area (Å²) in [5, 5.41) is 8.96. The topological polar surface area (TPSA) is 50.2 Å². The number of carbonyl (C=O) groups excluding carboxylic acids is 1. The molecule has 1 atom stereocenters. The zero-order valence-electron chi connectivity index (χ0n) is 17.1. The fraction of sp³-hybridized carbons (Fsp3) is 0.435. The molecule has 0 radical (unpaired) electrons. The van der Waals surface area contributed by atoms with Crippen molar-refractivity contribution < 1.29 is 4.79 Å². The lowest BCUT2D eigenvalue weighted by Crippen LogP contribution is -2.40. The van der Waals surface area contributed by atoms with Crippen molar-refractivity contribution in [2.75, 3.05) is 13.1 Å². The smallest absolute Gasteiger partial charge is 0.169 e. The van der Waals surface area contributed by atoms with Crippen molar-refractivity contribution in [2.45, 2.75) is 45.6 Å². The van der Waals surface area contributed by atoms with Gasteiger partial charge in [0.1, 0.15) is 0 Å². The highest BCUT2D eigenvalue weighted by molar-refractivity contribution is 7.80. The molecular formula is C23H28N4OS. The molecule has 2 aromatic rings. The Labute approximate surface area is 177 Å². The highest BCUT2D eigenvalue weighted by Gasteiger charge is 2.41. The van der Waals surface area contributed by atoms with Crippen LogP contribution in [0.2, 0.25) is 0 Å². The highest BCUT2D eigenvalue weighted by atomic mass is 32.1. The van der Waals surface area contributed by atoms with E-state index in [0.29, 0.717) is 18.1 Å². The summed E-state index contributed by atoms with van der Waals surface area (Å²) in [6.45, 7) is 9.58. The standard InChI is InChI=1S/C23H28N4OS/c1-4-12-24-22(29)26-13-8-11-17(26)21-20-18(14-23(2,3)15-19(20)28)27(25-21)16-9-6-5-7-10-16/h4-7,9-10,17H,1,8,11-15H2,2-3H3,(H,24,29)/t17-/m0/s1. The molecular weight excluding hydrogens is 380 g/mol. The van der Waals surface area contributed by atoms with Crippen molar-refractivity contribution in [3.05, 3.63) is 59.9 Å². The second-order valence-electron chi connectivity index (χ2n) is 8.72. The zero-order chi connectivity index (χ0) is 20.6. The minimum Gasteiger partial charge on any atom is -0.359 e. The predicted octanol–water partition coefficient (Wildman–Crippen LogP) is 4.22. The Morgan fingerprint density at radius 1 is 1.34 bits per heavy atom. The van der Waals surface area contributed by atoms with E-state index in [-0.39, 0.29) is 17.2 Å². The first kappa shape index (κ1) is 19.8. The zero-order valence-corrected chi connectivity index (χ0v) is 18.0. The van der Waals surface area contributed by atoms with Gasteiger partial charge in [-0.1, -0.05) is 38.1 Å². The molecule has 0 saturated carbocycles. The number of rotatable bonds is 4. The van der Waals surface area contributed by atoms with E-state index in [9.17, 15) is 4.79 Å². The van der Waals surface area contributed by atoms with E-state index in [1.54, 1.807) is 6.08 Å². The van der Waals surface area contributed by atoms with Crippen LogP contribution in [0, 0.1) is 5.41 Å². The maximum atomic E-state index is 13.2. The number of fused-ring (bicyclic) bond motifs is 1. The summed E-state index contributed by atoms with van der Waals surface area (Å²) in [4.78, 5) is 15.4. The van der Waals surface area contributed by atoms with Gasteiger partial charge in [0.25, 0.3) is 0 Å². The molecule has 1 aromatic heterocycles. The van der Waals surface area contributed by atoms with Gasteiger partial charge >= 0.3 is 0 Å². The predicted molar refractivity (Wildman–Crippen MR) is 119 cm³/mol. The van der Waals surface area contributed by atoms with Crippen LogP contribution < -0.4 is 5.32 Å². The van der Waals surface area contributed by atoms with Gasteiger partial charge in [0.05, 0.1) is 28.7 Å². The van der Waals surface area contributed by atoms with Crippen molar-refractivity contribution >= 4 is 23.1 Å². The summed E-state index contributed by atoms with van der Waals surface area (Å²) in [6, 6.07) is 10.1. The Morgan fingerprint density at radius 2 is 2.10 bits per heavy atom. The van der Waals surface area contributed by atoms with Gasteiger partial charge in [0.2, 0.25) is 0 Å². The van der Waals surface area contributed by atoms with Gasteiger partial charge in [0.15, 0.2) is 10.9 Å². The lowest BCUT2D eigenvalue weighted by Gasteiger charge is -2.30. The van der Waals surface area contributed by atoms with Crippen LogP contribution in [0.5, 0.6) is 0 Å². The Kier molecular flexibility index (Phi) is 5.30.